The van der Waals surface area contributed by atoms with Gasteiger partial charge in [0.05, 0.1) is 12.2 Å². The zero-order valence-corrected chi connectivity index (χ0v) is 30.5. The lowest BCUT2D eigenvalue weighted by atomic mass is 10.0. The van der Waals surface area contributed by atoms with E-state index in [1.807, 2.05) is 0 Å². The zero-order valence-electron chi connectivity index (χ0n) is 30.5. The van der Waals surface area contributed by atoms with Crippen LogP contribution in [0.5, 0.6) is 0 Å². The van der Waals surface area contributed by atoms with Crippen molar-refractivity contribution in [2.24, 2.45) is 0 Å². The number of likely N-dealkylation sites (N-methyl/N-ethyl adjacent to an activating group) is 1. The Morgan fingerprint density at radius 2 is 0.844 bits per heavy atom. The third kappa shape index (κ3) is 28.8. The fraction of sp³-hybridized carbons (Fsp3) is 0.810. The average Bonchev–Trinajstić information content (AvgIpc) is 3.04. The van der Waals surface area contributed by atoms with Gasteiger partial charge in [0.15, 0.2) is 0 Å². The predicted octanol–water partition coefficient (Wildman–Crippen LogP) is 12.7. The summed E-state index contributed by atoms with van der Waals surface area (Å²) in [5.41, 5.74) is 0. The summed E-state index contributed by atoms with van der Waals surface area (Å²) < 4.78 is 12.7. The van der Waals surface area contributed by atoms with Crippen molar-refractivity contribution in [1.29, 1.82) is 0 Å². The summed E-state index contributed by atoms with van der Waals surface area (Å²) in [6.07, 6.45) is 51.3. The average molecular weight is 628 g/mol. The Balaban J connectivity index is 1.95. The molecule has 0 amide bonds. The van der Waals surface area contributed by atoms with Gasteiger partial charge in [0.2, 0.25) is 0 Å². The van der Waals surface area contributed by atoms with Crippen LogP contribution < -0.4 is 0 Å². The van der Waals surface area contributed by atoms with E-state index >= 15 is 0 Å². The molecule has 2 atom stereocenters. The van der Waals surface area contributed by atoms with Gasteiger partial charge in [0.25, 0.3) is 0 Å². The van der Waals surface area contributed by atoms with E-state index in [1.54, 1.807) is 0 Å². The van der Waals surface area contributed by atoms with Crippen molar-refractivity contribution in [2.75, 3.05) is 33.4 Å². The number of allylic oxidation sites excluding steroid dienone is 8. The number of likely N-dealkylation sites (tertiary alicyclic amines) is 1. The molecule has 0 saturated carbocycles. The maximum Gasteiger partial charge on any atom is 0.0963 e. The molecule has 45 heavy (non-hydrogen) atoms. The van der Waals surface area contributed by atoms with Gasteiger partial charge in [-0.15, -0.1) is 0 Å². The van der Waals surface area contributed by atoms with E-state index < -0.39 is 0 Å². The summed E-state index contributed by atoms with van der Waals surface area (Å²) in [7, 11) is 2.22. The first-order chi connectivity index (χ1) is 22.3. The monoisotopic (exact) mass is 628 g/mol. The van der Waals surface area contributed by atoms with Gasteiger partial charge in [0, 0.05) is 26.3 Å². The number of ether oxygens (including phenoxy) is 2. The summed E-state index contributed by atoms with van der Waals surface area (Å²) in [6, 6.07) is 0. The van der Waals surface area contributed by atoms with Crippen LogP contribution in [0.4, 0.5) is 0 Å². The van der Waals surface area contributed by atoms with Gasteiger partial charge in [-0.1, -0.05) is 140 Å². The van der Waals surface area contributed by atoms with Crippen LogP contribution >= 0.6 is 0 Å². The van der Waals surface area contributed by atoms with E-state index in [1.165, 1.54) is 141 Å². The molecule has 3 heteroatoms. The summed E-state index contributed by atoms with van der Waals surface area (Å²) in [6.45, 7) is 8.45. The summed E-state index contributed by atoms with van der Waals surface area (Å²) >= 11 is 0. The minimum absolute atomic E-state index is 0.242. The van der Waals surface area contributed by atoms with Crippen molar-refractivity contribution < 1.29 is 9.47 Å². The summed E-state index contributed by atoms with van der Waals surface area (Å²) in [4.78, 5) is 2.41. The van der Waals surface area contributed by atoms with Crippen molar-refractivity contribution in [3.63, 3.8) is 0 Å². The van der Waals surface area contributed by atoms with Gasteiger partial charge in [-0.3, -0.25) is 0 Å². The molecule has 1 rings (SSSR count). The fourth-order valence-electron chi connectivity index (χ4n) is 6.05. The Morgan fingerprint density at radius 1 is 0.467 bits per heavy atom. The molecule has 0 bridgehead atoms. The van der Waals surface area contributed by atoms with Gasteiger partial charge < -0.3 is 14.4 Å². The molecular formula is C42H77NO2. The highest BCUT2D eigenvalue weighted by Gasteiger charge is 2.28. The second-order valence-corrected chi connectivity index (χ2v) is 13.5. The zero-order chi connectivity index (χ0) is 32.3. The van der Waals surface area contributed by atoms with E-state index in [9.17, 15) is 0 Å². The normalized spacial score (nSPS) is 18.1. The van der Waals surface area contributed by atoms with E-state index in [0.717, 1.165) is 45.6 Å². The highest BCUT2D eigenvalue weighted by Crippen LogP contribution is 2.18. The first-order valence-corrected chi connectivity index (χ1v) is 19.8. The molecule has 0 spiro atoms. The van der Waals surface area contributed by atoms with Crippen LogP contribution in [0.2, 0.25) is 0 Å². The van der Waals surface area contributed by atoms with Crippen LogP contribution in [0.3, 0.4) is 0 Å². The van der Waals surface area contributed by atoms with Crippen LogP contribution in [-0.2, 0) is 9.47 Å². The minimum atomic E-state index is 0.242. The van der Waals surface area contributed by atoms with Gasteiger partial charge in [-0.25, -0.2) is 0 Å². The van der Waals surface area contributed by atoms with Gasteiger partial charge in [-0.05, 0) is 90.5 Å². The Hall–Kier alpha value is -1.16. The summed E-state index contributed by atoms with van der Waals surface area (Å²) in [5, 5.41) is 0. The molecule has 1 saturated heterocycles. The van der Waals surface area contributed by atoms with Crippen molar-refractivity contribution in [2.45, 2.75) is 187 Å². The predicted molar refractivity (Wildman–Crippen MR) is 200 cm³/mol. The number of hydrogen-bond acceptors (Lipinski definition) is 3. The first-order valence-electron chi connectivity index (χ1n) is 19.8. The van der Waals surface area contributed by atoms with E-state index in [-0.39, 0.29) is 12.2 Å². The standard InChI is InChI=1S/C42H77NO2/c1-4-6-8-10-12-14-16-18-20-22-24-26-28-30-32-34-38-44-41-36-37-43(3)40-42(41)45-39-35-33-31-29-27-25-23-21-19-17-15-13-11-9-7-5-2/h12-15,18-21,41-42H,4-11,16-17,22-40H2,1-3H3/t41-,42-/m1/s1. The molecule has 0 aliphatic carbocycles. The lowest BCUT2D eigenvalue weighted by molar-refractivity contribution is -0.106. The van der Waals surface area contributed by atoms with Gasteiger partial charge >= 0.3 is 0 Å². The Kier molecular flexibility index (Phi) is 31.8. The SMILES string of the molecule is CCCCCC=CCC=CCCCCCCCCO[C@@H]1CCN(C)C[C@H]1OCCCCCCCCC=CCC=CCCCCC. The van der Waals surface area contributed by atoms with Gasteiger partial charge in [-0.2, -0.15) is 0 Å². The quantitative estimate of drug-likeness (QED) is 0.0547. The van der Waals surface area contributed by atoms with Gasteiger partial charge in [0.1, 0.15) is 0 Å². The lowest BCUT2D eigenvalue weighted by Crippen LogP contribution is -2.47. The van der Waals surface area contributed by atoms with Crippen molar-refractivity contribution >= 4 is 0 Å². The van der Waals surface area contributed by atoms with E-state index in [2.05, 4.69) is 74.4 Å². The number of hydrogen-bond donors (Lipinski definition) is 0. The minimum Gasteiger partial charge on any atom is -0.375 e. The topological polar surface area (TPSA) is 21.7 Å². The van der Waals surface area contributed by atoms with Crippen LogP contribution in [0, 0.1) is 0 Å². The Bertz CT molecular complexity index is 711. The second kappa shape index (κ2) is 34.2. The smallest absolute Gasteiger partial charge is 0.0963 e. The number of nitrogens with zero attached hydrogens (tertiary/aromatic N) is 1. The second-order valence-electron chi connectivity index (χ2n) is 13.5. The fourth-order valence-corrected chi connectivity index (χ4v) is 6.05. The molecule has 0 aromatic rings. The van der Waals surface area contributed by atoms with Crippen LogP contribution in [0.25, 0.3) is 0 Å². The maximum atomic E-state index is 6.38. The van der Waals surface area contributed by atoms with Crippen LogP contribution in [0.1, 0.15) is 174 Å². The Morgan fingerprint density at radius 3 is 1.29 bits per heavy atom. The third-order valence-corrected chi connectivity index (χ3v) is 9.06. The van der Waals surface area contributed by atoms with E-state index in [4.69, 9.17) is 9.47 Å². The first kappa shape index (κ1) is 41.9. The molecule has 0 unspecified atom stereocenters. The molecule has 1 heterocycles. The third-order valence-electron chi connectivity index (χ3n) is 9.06. The molecule has 0 aromatic heterocycles. The molecule has 0 radical (unpaired) electrons. The molecular weight excluding hydrogens is 550 g/mol. The largest absolute Gasteiger partial charge is 0.375 e. The Labute approximate surface area is 282 Å². The summed E-state index contributed by atoms with van der Waals surface area (Å²) in [5.74, 6) is 0. The molecule has 1 aliphatic rings. The van der Waals surface area contributed by atoms with Crippen molar-refractivity contribution in [1.82, 2.24) is 4.90 Å². The number of piperidine rings is 1. The molecule has 3 nitrogen and oxygen atoms in total. The highest BCUT2D eigenvalue weighted by molar-refractivity contribution is 4.93. The molecule has 0 aromatic carbocycles. The van der Waals surface area contributed by atoms with E-state index in [0.29, 0.717) is 0 Å². The van der Waals surface area contributed by atoms with Crippen molar-refractivity contribution in [3.8, 4) is 0 Å². The van der Waals surface area contributed by atoms with Crippen LogP contribution in [0.15, 0.2) is 48.6 Å². The molecule has 0 N–H and O–H groups in total. The molecule has 262 valence electrons. The van der Waals surface area contributed by atoms with Crippen molar-refractivity contribution in [3.05, 3.63) is 48.6 Å². The lowest BCUT2D eigenvalue weighted by Gasteiger charge is -2.36. The van der Waals surface area contributed by atoms with Crippen LogP contribution in [-0.4, -0.2) is 50.5 Å². The molecule has 1 fully saturated rings. The molecule has 1 aliphatic heterocycles. The highest BCUT2D eigenvalue weighted by atomic mass is 16.5. The number of unbranched alkanes of at least 4 members (excludes halogenated alkanes) is 18. The number of rotatable bonds is 32. The maximum absolute atomic E-state index is 6.38.